The van der Waals surface area contributed by atoms with E-state index in [-0.39, 0.29) is 11.6 Å². The molecule has 3 nitrogen and oxygen atoms in total. The Labute approximate surface area is 197 Å². The normalized spacial score (nSPS) is 14.4. The molecule has 0 amide bonds. The zero-order chi connectivity index (χ0) is 22.9. The number of methoxy groups -OCH3 is 2. The van der Waals surface area contributed by atoms with Crippen LogP contribution in [0.3, 0.4) is 0 Å². The summed E-state index contributed by atoms with van der Waals surface area (Å²) in [5.74, 6) is 1.13. The molecule has 1 saturated heterocycles. The Morgan fingerprint density at radius 3 is 2.03 bits per heavy atom. The van der Waals surface area contributed by atoms with Gasteiger partial charge in [-0.15, -0.1) is 0 Å². The molecule has 3 aromatic rings. The third-order valence-corrected chi connectivity index (χ3v) is 6.24. The molecule has 0 aromatic heterocycles. The molecule has 4 rings (SSSR count). The summed E-state index contributed by atoms with van der Waals surface area (Å²) in [5, 5.41) is 0. The van der Waals surface area contributed by atoms with Crippen molar-refractivity contribution in [3.63, 3.8) is 0 Å². The first-order valence-corrected chi connectivity index (χ1v) is 11.4. The second-order valence-corrected chi connectivity index (χ2v) is 8.56. The van der Waals surface area contributed by atoms with E-state index in [4.69, 9.17) is 9.47 Å². The zero-order valence-corrected chi connectivity index (χ0v) is 19.9. The Morgan fingerprint density at radius 1 is 0.844 bits per heavy atom. The van der Waals surface area contributed by atoms with Gasteiger partial charge in [-0.1, -0.05) is 36.4 Å². The maximum Gasteiger partial charge on any atom is 0.135 e. The van der Waals surface area contributed by atoms with Crippen LogP contribution in [0.4, 0.5) is 8.78 Å². The average Bonchev–Trinajstić information content (AvgIpc) is 2.82. The van der Waals surface area contributed by atoms with E-state index >= 15 is 0 Å². The van der Waals surface area contributed by atoms with E-state index < -0.39 is 0 Å². The Hall–Kier alpha value is -2.44. The standard InChI is InChI=1S/C19H22FNO.C7H6BrFO/c1-22-19-13-17(20)7-8-18(19)16-9-11-21(12-10-16)14-15-5-3-2-4-6-15;1-10-7-4-5(9)2-3-6(7)8/h2-8,13,16H,9-12,14H2,1H3;2-4H,1H3. The summed E-state index contributed by atoms with van der Waals surface area (Å²) in [5.41, 5.74) is 2.50. The van der Waals surface area contributed by atoms with E-state index in [1.54, 1.807) is 13.2 Å². The number of benzene rings is 3. The number of nitrogens with zero attached hydrogens (tertiary/aromatic N) is 1. The molecule has 3 aromatic carbocycles. The lowest BCUT2D eigenvalue weighted by atomic mass is 9.88. The van der Waals surface area contributed by atoms with Crippen LogP contribution in [0.1, 0.15) is 29.9 Å². The fraction of sp³-hybridized carbons (Fsp3) is 0.308. The van der Waals surface area contributed by atoms with Crippen molar-refractivity contribution in [3.8, 4) is 11.5 Å². The average molecular weight is 504 g/mol. The summed E-state index contributed by atoms with van der Waals surface area (Å²) < 4.78 is 36.7. The maximum atomic E-state index is 13.3. The van der Waals surface area contributed by atoms with Gasteiger partial charge in [-0.2, -0.15) is 0 Å². The maximum absolute atomic E-state index is 13.3. The molecule has 1 fully saturated rings. The Bertz CT molecular complexity index is 992. The number of hydrogen-bond acceptors (Lipinski definition) is 3. The predicted molar refractivity (Wildman–Crippen MR) is 127 cm³/mol. The minimum atomic E-state index is -0.292. The largest absolute Gasteiger partial charge is 0.496 e. The monoisotopic (exact) mass is 503 g/mol. The molecule has 170 valence electrons. The summed E-state index contributed by atoms with van der Waals surface area (Å²) >= 11 is 3.20. The second-order valence-electron chi connectivity index (χ2n) is 7.70. The van der Waals surface area contributed by atoms with Crippen LogP contribution in [-0.4, -0.2) is 32.2 Å². The van der Waals surface area contributed by atoms with Crippen molar-refractivity contribution < 1.29 is 18.3 Å². The van der Waals surface area contributed by atoms with Crippen molar-refractivity contribution >= 4 is 15.9 Å². The molecule has 32 heavy (non-hydrogen) atoms. The molecule has 1 heterocycles. The van der Waals surface area contributed by atoms with E-state index in [1.165, 1.54) is 36.9 Å². The van der Waals surface area contributed by atoms with E-state index in [0.29, 0.717) is 17.4 Å². The molecule has 0 aliphatic carbocycles. The van der Waals surface area contributed by atoms with Gasteiger partial charge in [-0.3, -0.25) is 4.90 Å². The molecule has 0 saturated carbocycles. The number of ether oxygens (including phenoxy) is 2. The van der Waals surface area contributed by atoms with Crippen LogP contribution in [-0.2, 0) is 6.54 Å². The van der Waals surface area contributed by atoms with Gasteiger partial charge < -0.3 is 9.47 Å². The fourth-order valence-corrected chi connectivity index (χ4v) is 4.31. The lowest BCUT2D eigenvalue weighted by Gasteiger charge is -2.32. The highest BCUT2D eigenvalue weighted by atomic mass is 79.9. The molecular formula is C26H28BrF2NO2. The van der Waals surface area contributed by atoms with Crippen LogP contribution in [0, 0.1) is 11.6 Å². The molecule has 0 radical (unpaired) electrons. The van der Waals surface area contributed by atoms with Crippen molar-refractivity contribution in [3.05, 3.63) is 94.0 Å². The van der Waals surface area contributed by atoms with E-state index in [9.17, 15) is 8.78 Å². The van der Waals surface area contributed by atoms with Crippen molar-refractivity contribution in [2.75, 3.05) is 27.3 Å². The first-order valence-electron chi connectivity index (χ1n) is 10.6. The molecule has 0 N–H and O–H groups in total. The van der Waals surface area contributed by atoms with Gasteiger partial charge in [0, 0.05) is 18.7 Å². The topological polar surface area (TPSA) is 21.7 Å². The van der Waals surface area contributed by atoms with Crippen molar-refractivity contribution in [1.82, 2.24) is 4.90 Å². The molecular weight excluding hydrogens is 476 g/mol. The second kappa shape index (κ2) is 12.0. The number of halogens is 3. The highest BCUT2D eigenvalue weighted by molar-refractivity contribution is 9.10. The molecule has 6 heteroatoms. The lowest BCUT2D eigenvalue weighted by Crippen LogP contribution is -2.32. The Morgan fingerprint density at radius 2 is 1.44 bits per heavy atom. The van der Waals surface area contributed by atoms with Crippen LogP contribution in [0.5, 0.6) is 11.5 Å². The third kappa shape index (κ3) is 6.78. The van der Waals surface area contributed by atoms with E-state index in [1.807, 2.05) is 6.07 Å². The summed E-state index contributed by atoms with van der Waals surface area (Å²) in [6.45, 7) is 3.15. The van der Waals surface area contributed by atoms with Gasteiger partial charge in [0.25, 0.3) is 0 Å². The molecule has 0 spiro atoms. The van der Waals surface area contributed by atoms with Gasteiger partial charge in [0.1, 0.15) is 23.1 Å². The van der Waals surface area contributed by atoms with Gasteiger partial charge in [0.05, 0.1) is 18.7 Å². The molecule has 0 unspecified atom stereocenters. The number of likely N-dealkylation sites (tertiary alicyclic amines) is 1. The van der Waals surface area contributed by atoms with E-state index in [2.05, 4.69) is 51.2 Å². The molecule has 0 bridgehead atoms. The molecule has 1 aliphatic heterocycles. The number of piperidine rings is 1. The first-order chi connectivity index (χ1) is 15.5. The van der Waals surface area contributed by atoms with Gasteiger partial charge >= 0.3 is 0 Å². The SMILES string of the molecule is COc1cc(F)ccc1Br.COc1cc(F)ccc1C1CCN(Cc2ccccc2)CC1. The smallest absolute Gasteiger partial charge is 0.135 e. The van der Waals surface area contributed by atoms with Crippen LogP contribution >= 0.6 is 15.9 Å². The van der Waals surface area contributed by atoms with Crippen LogP contribution in [0.25, 0.3) is 0 Å². The molecule has 1 aliphatic rings. The van der Waals surface area contributed by atoms with Crippen molar-refractivity contribution in [2.24, 2.45) is 0 Å². The predicted octanol–water partition coefficient (Wildman–Crippen LogP) is 6.81. The Balaban J connectivity index is 0.000000243. The summed E-state index contributed by atoms with van der Waals surface area (Å²) in [6.07, 6.45) is 2.18. The van der Waals surface area contributed by atoms with Crippen LogP contribution < -0.4 is 9.47 Å². The fourth-order valence-electron chi connectivity index (χ4n) is 3.90. The minimum Gasteiger partial charge on any atom is -0.496 e. The summed E-state index contributed by atoms with van der Waals surface area (Å²) in [6, 6.07) is 19.8. The van der Waals surface area contributed by atoms with Crippen molar-refractivity contribution in [1.29, 1.82) is 0 Å². The highest BCUT2D eigenvalue weighted by Crippen LogP contribution is 2.35. The number of hydrogen-bond donors (Lipinski definition) is 0. The van der Waals surface area contributed by atoms with E-state index in [0.717, 1.165) is 42.5 Å². The minimum absolute atomic E-state index is 0.234. The third-order valence-electron chi connectivity index (χ3n) is 5.59. The van der Waals surface area contributed by atoms with Gasteiger partial charge in [-0.25, -0.2) is 8.78 Å². The summed E-state index contributed by atoms with van der Waals surface area (Å²) in [4.78, 5) is 2.49. The zero-order valence-electron chi connectivity index (χ0n) is 18.4. The number of rotatable bonds is 5. The van der Waals surface area contributed by atoms with Gasteiger partial charge in [-0.05, 0) is 77.1 Å². The first kappa shape index (κ1) is 24.2. The molecule has 0 atom stereocenters. The van der Waals surface area contributed by atoms with Gasteiger partial charge in [0.15, 0.2) is 0 Å². The Kier molecular flexibility index (Phi) is 9.06. The van der Waals surface area contributed by atoms with Crippen molar-refractivity contribution in [2.45, 2.75) is 25.3 Å². The lowest BCUT2D eigenvalue weighted by molar-refractivity contribution is 0.203. The van der Waals surface area contributed by atoms with Crippen LogP contribution in [0.2, 0.25) is 0 Å². The van der Waals surface area contributed by atoms with Crippen LogP contribution in [0.15, 0.2) is 71.2 Å². The highest BCUT2D eigenvalue weighted by Gasteiger charge is 2.23. The summed E-state index contributed by atoms with van der Waals surface area (Å²) in [7, 11) is 3.11. The van der Waals surface area contributed by atoms with Gasteiger partial charge in [0.2, 0.25) is 0 Å². The quantitative estimate of drug-likeness (QED) is 0.381.